The molecule has 0 radical (unpaired) electrons. The van der Waals surface area contributed by atoms with Crippen molar-refractivity contribution in [2.75, 3.05) is 12.3 Å². The Bertz CT molecular complexity index is 1080. The van der Waals surface area contributed by atoms with E-state index in [1.807, 2.05) is 24.3 Å². The van der Waals surface area contributed by atoms with Gasteiger partial charge in [-0.05, 0) is 44.4 Å². The van der Waals surface area contributed by atoms with Crippen molar-refractivity contribution >= 4 is 47.2 Å². The number of carbonyl (C=O) groups is 4. The molecule has 0 saturated carbocycles. The van der Waals surface area contributed by atoms with Gasteiger partial charge < -0.3 is 42.6 Å². The fourth-order valence-electron chi connectivity index (χ4n) is 3.76. The Morgan fingerprint density at radius 3 is 2.32 bits per heavy atom. The number of unbranched alkanes of at least 4 members (excludes halogenated alkanes) is 1. The summed E-state index contributed by atoms with van der Waals surface area (Å²) in [4.78, 5) is 53.2. The van der Waals surface area contributed by atoms with Gasteiger partial charge in [0.05, 0.1) is 12.1 Å². The van der Waals surface area contributed by atoms with Gasteiger partial charge in [0.15, 0.2) is 0 Å². The lowest BCUT2D eigenvalue weighted by molar-refractivity contribution is -0.143. The molecule has 5 atom stereocenters. The number of fused-ring (bicyclic) bond motifs is 1. The van der Waals surface area contributed by atoms with Crippen molar-refractivity contribution in [1.82, 2.24) is 20.9 Å². The molecule has 5 unspecified atom stereocenters. The van der Waals surface area contributed by atoms with Crippen molar-refractivity contribution in [3.05, 3.63) is 36.0 Å². The fraction of sp³-hybridized carbons (Fsp3) is 0.500. The van der Waals surface area contributed by atoms with Crippen molar-refractivity contribution in [3.63, 3.8) is 0 Å². The SMILES string of the molecule is CC(O)C(NC(=O)C(CCCCN)NC(=O)C(N)CS)C(=O)NC(Cc1c[nH]c2ccccc12)C(=O)O. The molecule has 13 heteroatoms. The highest BCUT2D eigenvalue weighted by Crippen LogP contribution is 2.19. The summed E-state index contributed by atoms with van der Waals surface area (Å²) in [7, 11) is 0. The third-order valence-electron chi connectivity index (χ3n) is 5.89. The number of carbonyl (C=O) groups excluding carboxylic acids is 3. The number of carboxylic acids is 1. The third kappa shape index (κ3) is 8.74. The lowest BCUT2D eigenvalue weighted by atomic mass is 10.0. The van der Waals surface area contributed by atoms with Crippen LogP contribution in [0.3, 0.4) is 0 Å². The van der Waals surface area contributed by atoms with Crippen LogP contribution in [0.5, 0.6) is 0 Å². The van der Waals surface area contributed by atoms with Gasteiger partial charge in [0.25, 0.3) is 0 Å². The van der Waals surface area contributed by atoms with Crippen molar-refractivity contribution in [2.24, 2.45) is 11.5 Å². The van der Waals surface area contributed by atoms with Gasteiger partial charge in [0.1, 0.15) is 18.1 Å². The Morgan fingerprint density at radius 1 is 1.03 bits per heavy atom. The maximum absolute atomic E-state index is 13.0. The zero-order valence-electron chi connectivity index (χ0n) is 20.6. The van der Waals surface area contributed by atoms with Crippen LogP contribution in [0.25, 0.3) is 10.9 Å². The van der Waals surface area contributed by atoms with Gasteiger partial charge in [0, 0.05) is 29.3 Å². The standard InChI is InChI=1S/C24H36N6O6S/c1-13(31)20(30-22(33)18(8-4-5-9-25)28-21(32)16(26)12-37)23(34)29-19(24(35)36)10-14-11-27-17-7-3-2-6-15(14)17/h2-3,6-7,11,13,16,18-20,27,31,37H,4-5,8-10,12,25-26H2,1H3,(H,28,32)(H,29,34)(H,30,33)(H,35,36). The number of aliphatic hydroxyl groups is 1. The number of nitrogens with one attached hydrogen (secondary N) is 4. The minimum absolute atomic E-state index is 0.0229. The predicted octanol–water partition coefficient (Wildman–Crippen LogP) is -0.984. The summed E-state index contributed by atoms with van der Waals surface area (Å²) in [5.74, 6) is -3.40. The number of nitrogens with two attached hydrogens (primary N) is 2. The zero-order valence-corrected chi connectivity index (χ0v) is 21.5. The summed E-state index contributed by atoms with van der Waals surface area (Å²) in [5.41, 5.74) is 12.7. The van der Waals surface area contributed by atoms with Gasteiger partial charge in [-0.15, -0.1) is 0 Å². The van der Waals surface area contributed by atoms with E-state index in [0.717, 1.165) is 10.9 Å². The number of aliphatic carboxylic acids is 1. The summed E-state index contributed by atoms with van der Waals surface area (Å²) >= 11 is 3.98. The highest BCUT2D eigenvalue weighted by molar-refractivity contribution is 7.80. The number of carboxylic acid groups (broad SMARTS) is 1. The highest BCUT2D eigenvalue weighted by Gasteiger charge is 2.32. The van der Waals surface area contributed by atoms with Gasteiger partial charge in [0.2, 0.25) is 17.7 Å². The number of hydrogen-bond acceptors (Lipinski definition) is 8. The van der Waals surface area contributed by atoms with E-state index in [1.54, 1.807) is 6.20 Å². The van der Waals surface area contributed by atoms with Crippen molar-refractivity contribution in [2.45, 2.75) is 62.9 Å². The van der Waals surface area contributed by atoms with E-state index in [9.17, 15) is 29.4 Å². The molecule has 2 aromatic rings. The van der Waals surface area contributed by atoms with E-state index in [2.05, 4.69) is 33.6 Å². The van der Waals surface area contributed by atoms with Crippen LogP contribution in [0.1, 0.15) is 31.7 Å². The quantitative estimate of drug-likeness (QED) is 0.102. The van der Waals surface area contributed by atoms with Crippen LogP contribution in [0.15, 0.2) is 30.5 Å². The number of aromatic nitrogens is 1. The van der Waals surface area contributed by atoms with Crippen LogP contribution in [0, 0.1) is 0 Å². The average molecular weight is 537 g/mol. The minimum Gasteiger partial charge on any atom is -0.480 e. The molecule has 2 rings (SSSR count). The summed E-state index contributed by atoms with van der Waals surface area (Å²) in [6.45, 7) is 1.68. The molecule has 37 heavy (non-hydrogen) atoms. The number of amides is 3. The summed E-state index contributed by atoms with van der Waals surface area (Å²) in [6, 6.07) is 2.57. The van der Waals surface area contributed by atoms with E-state index in [4.69, 9.17) is 11.5 Å². The van der Waals surface area contributed by atoms with E-state index in [1.165, 1.54) is 6.92 Å². The molecule has 12 nitrogen and oxygen atoms in total. The second kappa shape index (κ2) is 14.6. The molecule has 1 heterocycles. The Balaban J connectivity index is 2.14. The van der Waals surface area contributed by atoms with Crippen LogP contribution in [-0.4, -0.2) is 81.5 Å². The highest BCUT2D eigenvalue weighted by atomic mass is 32.1. The first-order chi connectivity index (χ1) is 17.6. The molecule has 1 aromatic carbocycles. The molecule has 0 aliphatic heterocycles. The molecule has 10 N–H and O–H groups in total. The summed E-state index contributed by atoms with van der Waals surface area (Å²) in [5, 5.41) is 28.1. The third-order valence-corrected chi connectivity index (χ3v) is 6.28. The predicted molar refractivity (Wildman–Crippen MR) is 142 cm³/mol. The molecular weight excluding hydrogens is 500 g/mol. The molecule has 0 saturated heterocycles. The molecule has 0 fully saturated rings. The number of benzene rings is 1. The Hall–Kier alpha value is -3.13. The monoisotopic (exact) mass is 536 g/mol. The van der Waals surface area contributed by atoms with Gasteiger partial charge in [-0.1, -0.05) is 18.2 Å². The van der Waals surface area contributed by atoms with Crippen LogP contribution in [0.4, 0.5) is 0 Å². The molecule has 1 aromatic heterocycles. The maximum atomic E-state index is 13.0. The average Bonchev–Trinajstić information content (AvgIpc) is 3.27. The van der Waals surface area contributed by atoms with E-state index in [0.29, 0.717) is 24.9 Å². The number of aromatic amines is 1. The summed E-state index contributed by atoms with van der Waals surface area (Å²) < 4.78 is 0. The molecule has 0 bridgehead atoms. The normalized spacial score (nSPS) is 15.3. The molecule has 0 aliphatic carbocycles. The zero-order chi connectivity index (χ0) is 27.5. The smallest absolute Gasteiger partial charge is 0.326 e. The Labute approximate surface area is 220 Å². The van der Waals surface area contributed by atoms with Crippen molar-refractivity contribution in [1.29, 1.82) is 0 Å². The van der Waals surface area contributed by atoms with E-state index >= 15 is 0 Å². The van der Waals surface area contributed by atoms with Crippen LogP contribution in [-0.2, 0) is 25.6 Å². The second-order valence-electron chi connectivity index (χ2n) is 8.82. The van der Waals surface area contributed by atoms with Crippen molar-refractivity contribution < 1.29 is 29.4 Å². The van der Waals surface area contributed by atoms with E-state index in [-0.39, 0.29) is 18.6 Å². The molecule has 204 valence electrons. The number of rotatable bonds is 15. The van der Waals surface area contributed by atoms with Crippen molar-refractivity contribution in [3.8, 4) is 0 Å². The van der Waals surface area contributed by atoms with Crippen LogP contribution in [0.2, 0.25) is 0 Å². The topological polar surface area (TPSA) is 213 Å². The number of H-pyrrole nitrogens is 1. The summed E-state index contributed by atoms with van der Waals surface area (Å²) in [6.07, 6.45) is 1.64. The first-order valence-electron chi connectivity index (χ1n) is 12.0. The number of para-hydroxylation sites is 1. The van der Waals surface area contributed by atoms with Gasteiger partial charge in [-0.25, -0.2) is 4.79 Å². The first-order valence-corrected chi connectivity index (χ1v) is 12.7. The van der Waals surface area contributed by atoms with E-state index < -0.39 is 54.0 Å². The first kappa shape index (κ1) is 30.1. The van der Waals surface area contributed by atoms with Gasteiger partial charge in [-0.2, -0.15) is 12.6 Å². The number of aliphatic hydroxyl groups excluding tert-OH is 1. The molecule has 0 spiro atoms. The minimum atomic E-state index is -1.47. The molecule has 3 amide bonds. The van der Waals surface area contributed by atoms with Gasteiger partial charge in [-0.3, -0.25) is 14.4 Å². The lowest BCUT2D eigenvalue weighted by Gasteiger charge is -2.26. The Morgan fingerprint density at radius 2 is 1.70 bits per heavy atom. The van der Waals surface area contributed by atoms with Crippen LogP contribution < -0.4 is 27.4 Å². The number of thiol groups is 1. The maximum Gasteiger partial charge on any atom is 0.326 e. The van der Waals surface area contributed by atoms with Gasteiger partial charge >= 0.3 is 5.97 Å². The Kier molecular flexibility index (Phi) is 11.9. The molecule has 0 aliphatic rings. The number of hydrogen-bond donors (Lipinski definition) is 9. The van der Waals surface area contributed by atoms with Crippen LogP contribution >= 0.6 is 12.6 Å². The fourth-order valence-corrected chi connectivity index (χ4v) is 3.93. The second-order valence-corrected chi connectivity index (χ2v) is 9.19. The molecular formula is C24H36N6O6S. The lowest BCUT2D eigenvalue weighted by Crippen LogP contribution is -2.60. The largest absolute Gasteiger partial charge is 0.480 e.